The summed E-state index contributed by atoms with van der Waals surface area (Å²) in [5.41, 5.74) is 0. The van der Waals surface area contributed by atoms with Crippen LogP contribution in [0.4, 0.5) is 0 Å². The van der Waals surface area contributed by atoms with Gasteiger partial charge in [0.05, 0.1) is 0 Å². The van der Waals surface area contributed by atoms with Gasteiger partial charge in [-0.25, -0.2) is 0 Å². The van der Waals surface area contributed by atoms with E-state index in [0.29, 0.717) is 0 Å². The normalized spacial score (nSPS) is 4.50. The standard InChI is InChI=1S/C2H6S.Ru/c1-3-2;/h1-2H3;. The SMILES string of the molecule is CSC.[Ru]. The first-order chi connectivity index (χ1) is 1.41. The summed E-state index contributed by atoms with van der Waals surface area (Å²) in [6.45, 7) is 0. The van der Waals surface area contributed by atoms with Crippen molar-refractivity contribution in [2.75, 3.05) is 12.5 Å². The molecule has 0 fully saturated rings. The fourth-order valence-corrected chi connectivity index (χ4v) is 0. The van der Waals surface area contributed by atoms with Gasteiger partial charge in [-0.05, 0) is 12.5 Å². The van der Waals surface area contributed by atoms with E-state index in [9.17, 15) is 0 Å². The topological polar surface area (TPSA) is 0 Å². The van der Waals surface area contributed by atoms with Gasteiger partial charge in [0, 0.05) is 19.5 Å². The first-order valence-corrected chi connectivity index (χ1v) is 2.45. The van der Waals surface area contributed by atoms with Crippen LogP contribution in [-0.2, 0) is 19.5 Å². The molecule has 4 heavy (non-hydrogen) atoms. The van der Waals surface area contributed by atoms with Crippen molar-refractivity contribution in [2.45, 2.75) is 0 Å². The fraction of sp³-hybridized carbons (Fsp3) is 1.00. The summed E-state index contributed by atoms with van der Waals surface area (Å²) in [4.78, 5) is 0. The molecule has 2 heteroatoms. The van der Waals surface area contributed by atoms with E-state index in [0.717, 1.165) is 0 Å². The van der Waals surface area contributed by atoms with E-state index < -0.39 is 0 Å². The van der Waals surface area contributed by atoms with Crippen LogP contribution in [0.3, 0.4) is 0 Å². The van der Waals surface area contributed by atoms with Gasteiger partial charge in [0.15, 0.2) is 0 Å². The van der Waals surface area contributed by atoms with Crippen LogP contribution in [-0.4, -0.2) is 12.5 Å². The maximum absolute atomic E-state index is 2.04. The second-order valence-corrected chi connectivity index (χ2v) is 1.22. The van der Waals surface area contributed by atoms with Gasteiger partial charge in [0.2, 0.25) is 0 Å². The van der Waals surface area contributed by atoms with Gasteiger partial charge in [-0.1, -0.05) is 0 Å². The Morgan fingerprint density at radius 2 is 1.25 bits per heavy atom. The molecule has 0 unspecified atom stereocenters. The number of hydrogen-bond acceptors (Lipinski definition) is 1. The van der Waals surface area contributed by atoms with Crippen LogP contribution in [0.1, 0.15) is 0 Å². The van der Waals surface area contributed by atoms with Crippen LogP contribution < -0.4 is 0 Å². The van der Waals surface area contributed by atoms with Crippen LogP contribution in [0.25, 0.3) is 0 Å². The molecule has 0 aliphatic heterocycles. The molecule has 0 spiro atoms. The molecule has 0 radical (unpaired) electrons. The molecule has 0 aliphatic carbocycles. The zero-order valence-electron chi connectivity index (χ0n) is 2.76. The van der Waals surface area contributed by atoms with Gasteiger partial charge in [-0.3, -0.25) is 0 Å². The van der Waals surface area contributed by atoms with E-state index in [4.69, 9.17) is 0 Å². The molecular formula is C2H6RuS. The molecule has 0 bridgehead atoms. The second-order valence-electron chi connectivity index (χ2n) is 0.408. The summed E-state index contributed by atoms with van der Waals surface area (Å²) in [5, 5.41) is 0. The monoisotopic (exact) mass is 164 g/mol. The molecule has 0 amide bonds. The molecule has 0 aromatic rings. The minimum atomic E-state index is 0. The Kier molecular flexibility index (Phi) is 20.0. The third kappa shape index (κ3) is 12.2. The summed E-state index contributed by atoms with van der Waals surface area (Å²) in [5.74, 6) is 0. The Hall–Kier alpha value is 0.973. The first-order valence-electron chi connectivity index (χ1n) is 0.816. The molecule has 0 rings (SSSR count). The molecule has 0 saturated heterocycles. The van der Waals surface area contributed by atoms with E-state index in [2.05, 4.69) is 0 Å². The zero-order chi connectivity index (χ0) is 2.71. The van der Waals surface area contributed by atoms with Crippen LogP contribution in [0, 0.1) is 0 Å². The molecule has 0 saturated carbocycles. The van der Waals surface area contributed by atoms with E-state index in [1.807, 2.05) is 12.5 Å². The Labute approximate surface area is 44.1 Å². The van der Waals surface area contributed by atoms with Crippen molar-refractivity contribution >= 4 is 11.8 Å². The molecule has 0 atom stereocenters. The average molecular weight is 163 g/mol. The smallest absolute Gasteiger partial charge is 0 e. The summed E-state index contributed by atoms with van der Waals surface area (Å²) >= 11 is 1.75. The molecule has 0 aromatic carbocycles. The zero-order valence-corrected chi connectivity index (χ0v) is 5.32. The number of hydrogen-bond donors (Lipinski definition) is 0. The molecule has 28 valence electrons. The van der Waals surface area contributed by atoms with Crippen LogP contribution in [0.15, 0.2) is 0 Å². The Bertz CT molecular complexity index is 6.00. The number of rotatable bonds is 0. The predicted octanol–water partition coefficient (Wildman–Crippen LogP) is 0.977. The van der Waals surface area contributed by atoms with Gasteiger partial charge in [-0.2, -0.15) is 11.8 Å². The van der Waals surface area contributed by atoms with Crippen molar-refractivity contribution < 1.29 is 19.5 Å². The Morgan fingerprint density at radius 3 is 1.25 bits per heavy atom. The van der Waals surface area contributed by atoms with E-state index in [-0.39, 0.29) is 19.5 Å². The van der Waals surface area contributed by atoms with Crippen molar-refractivity contribution in [1.29, 1.82) is 0 Å². The van der Waals surface area contributed by atoms with E-state index in [1.165, 1.54) is 0 Å². The largest absolute Gasteiger partial charge is 0.169 e. The summed E-state index contributed by atoms with van der Waals surface area (Å²) < 4.78 is 0. The summed E-state index contributed by atoms with van der Waals surface area (Å²) in [6.07, 6.45) is 4.08. The number of thioether (sulfide) groups is 1. The fourth-order valence-electron chi connectivity index (χ4n) is 0. The van der Waals surface area contributed by atoms with Crippen LogP contribution in [0.2, 0.25) is 0 Å². The van der Waals surface area contributed by atoms with Crippen molar-refractivity contribution in [1.82, 2.24) is 0 Å². The van der Waals surface area contributed by atoms with Gasteiger partial charge in [0.25, 0.3) is 0 Å². The van der Waals surface area contributed by atoms with Gasteiger partial charge < -0.3 is 0 Å². The minimum absolute atomic E-state index is 0. The molecule has 0 N–H and O–H groups in total. The van der Waals surface area contributed by atoms with Crippen LogP contribution >= 0.6 is 11.8 Å². The van der Waals surface area contributed by atoms with E-state index in [1.54, 1.807) is 11.8 Å². The third-order valence-corrected chi connectivity index (χ3v) is 0. The van der Waals surface area contributed by atoms with Crippen molar-refractivity contribution in [3.8, 4) is 0 Å². The average Bonchev–Trinajstić information content (AvgIpc) is 0.918. The van der Waals surface area contributed by atoms with Crippen molar-refractivity contribution in [3.63, 3.8) is 0 Å². The van der Waals surface area contributed by atoms with Gasteiger partial charge in [0.1, 0.15) is 0 Å². The second kappa shape index (κ2) is 9.02. The third-order valence-electron chi connectivity index (χ3n) is 0. The Balaban J connectivity index is 0. The maximum Gasteiger partial charge on any atom is 0 e. The first kappa shape index (κ1) is 8.88. The predicted molar refractivity (Wildman–Crippen MR) is 19.4 cm³/mol. The summed E-state index contributed by atoms with van der Waals surface area (Å²) in [6, 6.07) is 0. The Morgan fingerprint density at radius 1 is 1.25 bits per heavy atom. The molecule has 0 aliphatic rings. The molecule has 0 aromatic heterocycles. The van der Waals surface area contributed by atoms with Crippen LogP contribution in [0.5, 0.6) is 0 Å². The van der Waals surface area contributed by atoms with Crippen molar-refractivity contribution in [3.05, 3.63) is 0 Å². The minimum Gasteiger partial charge on any atom is -0.169 e. The quantitative estimate of drug-likeness (QED) is 0.480. The summed E-state index contributed by atoms with van der Waals surface area (Å²) in [7, 11) is 0. The van der Waals surface area contributed by atoms with Gasteiger partial charge in [-0.15, -0.1) is 0 Å². The van der Waals surface area contributed by atoms with Gasteiger partial charge >= 0.3 is 0 Å². The van der Waals surface area contributed by atoms with E-state index >= 15 is 0 Å². The molecule has 0 heterocycles. The van der Waals surface area contributed by atoms with Crippen molar-refractivity contribution in [2.24, 2.45) is 0 Å². The maximum atomic E-state index is 2.04. The molecular weight excluding hydrogens is 157 g/mol. The molecule has 0 nitrogen and oxygen atoms in total.